The van der Waals surface area contributed by atoms with Crippen molar-refractivity contribution in [3.05, 3.63) is 54.0 Å². The predicted octanol–water partition coefficient (Wildman–Crippen LogP) is 0.489. The van der Waals surface area contributed by atoms with Gasteiger partial charge >= 0.3 is 0 Å². The van der Waals surface area contributed by atoms with Gasteiger partial charge in [-0.1, -0.05) is 30.3 Å². The number of rotatable bonds is 6. The molecule has 0 bridgehead atoms. The highest BCUT2D eigenvalue weighted by Crippen LogP contribution is 2.16. The summed E-state index contributed by atoms with van der Waals surface area (Å²) >= 11 is 0. The second-order valence-electron chi connectivity index (χ2n) is 6.17. The lowest BCUT2D eigenvalue weighted by molar-refractivity contribution is -0.0736. The summed E-state index contributed by atoms with van der Waals surface area (Å²) in [6.45, 7) is 1.47. The fraction of sp³-hybridized carbons (Fsp3) is 0.353. The number of aromatic amines is 1. The smallest absolute Gasteiger partial charge is 0.257 e. The van der Waals surface area contributed by atoms with E-state index < -0.39 is 0 Å². The Hall–Kier alpha value is -3.11. The van der Waals surface area contributed by atoms with E-state index in [1.807, 2.05) is 30.3 Å². The van der Waals surface area contributed by atoms with Gasteiger partial charge in [-0.05, 0) is 22.4 Å². The predicted molar refractivity (Wildman–Crippen MR) is 93.0 cm³/mol. The average Bonchev–Trinajstić information content (AvgIpc) is 3.39. The molecule has 1 aliphatic rings. The summed E-state index contributed by atoms with van der Waals surface area (Å²) in [5, 5.41) is 20.6. The van der Waals surface area contributed by atoms with Crippen LogP contribution in [0.15, 0.2) is 42.9 Å². The average molecular weight is 369 g/mol. The Bertz CT molecular complexity index is 866. The molecular formula is C17H19N7O3. The van der Waals surface area contributed by atoms with E-state index in [1.165, 1.54) is 17.2 Å². The summed E-state index contributed by atoms with van der Waals surface area (Å²) in [7, 11) is 0. The normalized spacial score (nSPS) is 19.7. The molecule has 2 N–H and O–H groups in total. The molecule has 2 aromatic heterocycles. The Balaban J connectivity index is 1.42. The summed E-state index contributed by atoms with van der Waals surface area (Å²) in [5.74, 6) is 0.140. The Morgan fingerprint density at radius 2 is 2.26 bits per heavy atom. The van der Waals surface area contributed by atoms with Crippen molar-refractivity contribution in [3.8, 4) is 5.82 Å². The first kappa shape index (κ1) is 17.3. The highest BCUT2D eigenvalue weighted by Gasteiger charge is 2.29. The van der Waals surface area contributed by atoms with E-state index in [4.69, 9.17) is 9.47 Å². The number of ether oxygens (including phenoxy) is 2. The molecule has 1 aromatic carbocycles. The molecule has 1 amide bonds. The van der Waals surface area contributed by atoms with Crippen LogP contribution in [-0.2, 0) is 16.1 Å². The molecule has 10 heteroatoms. The Morgan fingerprint density at radius 1 is 1.37 bits per heavy atom. The number of carbonyl (C=O) groups excluding carboxylic acids is 1. The molecule has 1 saturated heterocycles. The zero-order chi connectivity index (χ0) is 18.5. The van der Waals surface area contributed by atoms with Crippen molar-refractivity contribution < 1.29 is 14.3 Å². The van der Waals surface area contributed by atoms with E-state index in [2.05, 4.69) is 31.0 Å². The van der Waals surface area contributed by atoms with E-state index in [0.717, 1.165) is 5.56 Å². The van der Waals surface area contributed by atoms with Crippen molar-refractivity contribution >= 4 is 5.91 Å². The second kappa shape index (κ2) is 8.06. The zero-order valence-electron chi connectivity index (χ0n) is 14.5. The van der Waals surface area contributed by atoms with Crippen LogP contribution in [0.5, 0.6) is 0 Å². The molecule has 0 unspecified atom stereocenters. The zero-order valence-corrected chi connectivity index (χ0v) is 14.5. The minimum absolute atomic E-state index is 0.161. The molecule has 0 radical (unpaired) electrons. The molecule has 27 heavy (non-hydrogen) atoms. The van der Waals surface area contributed by atoms with Crippen LogP contribution in [0.25, 0.3) is 5.82 Å². The maximum Gasteiger partial charge on any atom is 0.257 e. The highest BCUT2D eigenvalue weighted by molar-refractivity contribution is 5.97. The molecule has 140 valence electrons. The van der Waals surface area contributed by atoms with Gasteiger partial charge in [0, 0.05) is 6.61 Å². The minimum atomic E-state index is -0.269. The number of tetrazole rings is 1. The third-order valence-electron chi connectivity index (χ3n) is 4.37. The molecule has 1 aliphatic heterocycles. The molecule has 2 atom stereocenters. The molecule has 3 aromatic rings. The fourth-order valence-corrected chi connectivity index (χ4v) is 2.95. The Morgan fingerprint density at radius 3 is 3.07 bits per heavy atom. The molecule has 3 heterocycles. The molecule has 0 saturated carbocycles. The van der Waals surface area contributed by atoms with Gasteiger partial charge in [-0.25, -0.2) is 0 Å². The summed E-state index contributed by atoms with van der Waals surface area (Å²) in [6, 6.07) is 9.74. The van der Waals surface area contributed by atoms with Crippen molar-refractivity contribution in [1.82, 2.24) is 35.7 Å². The summed E-state index contributed by atoms with van der Waals surface area (Å²) in [6.07, 6.45) is 3.28. The van der Waals surface area contributed by atoms with Gasteiger partial charge in [-0.2, -0.15) is 9.78 Å². The molecule has 0 spiro atoms. The van der Waals surface area contributed by atoms with Crippen LogP contribution in [-0.4, -0.2) is 61.7 Å². The lowest BCUT2D eigenvalue weighted by Gasteiger charge is -2.32. The summed E-state index contributed by atoms with van der Waals surface area (Å²) < 4.78 is 12.9. The summed E-state index contributed by atoms with van der Waals surface area (Å²) in [5.41, 5.74) is 1.43. The SMILES string of the molecule is O=C(N[C@@H]1CCOC[C@H]1OCc1ccccc1)c1cn[nH]c1-n1cnnn1. The van der Waals surface area contributed by atoms with Crippen LogP contribution in [0.3, 0.4) is 0 Å². The van der Waals surface area contributed by atoms with Gasteiger partial charge in [-0.15, -0.1) is 5.10 Å². The van der Waals surface area contributed by atoms with Gasteiger partial charge in [0.25, 0.3) is 5.91 Å². The molecule has 0 aliphatic carbocycles. The van der Waals surface area contributed by atoms with E-state index >= 15 is 0 Å². The monoisotopic (exact) mass is 369 g/mol. The summed E-state index contributed by atoms with van der Waals surface area (Å²) in [4.78, 5) is 12.8. The standard InChI is InChI=1S/C17H19N7O3/c25-17(13-8-18-21-16(13)24-11-19-22-23-24)20-14-6-7-26-10-15(14)27-9-12-4-2-1-3-5-12/h1-5,8,11,14-15H,6-7,9-10H2,(H,18,21)(H,20,25)/t14-,15-/m1/s1. The largest absolute Gasteiger partial charge is 0.379 e. The molecule has 10 nitrogen and oxygen atoms in total. The topological polar surface area (TPSA) is 120 Å². The maximum absolute atomic E-state index is 12.8. The highest BCUT2D eigenvalue weighted by atomic mass is 16.5. The first-order valence-electron chi connectivity index (χ1n) is 8.62. The number of carbonyl (C=O) groups is 1. The van der Waals surface area contributed by atoms with Crippen molar-refractivity contribution in [2.75, 3.05) is 13.2 Å². The Kier molecular flexibility index (Phi) is 5.17. The first-order valence-corrected chi connectivity index (χ1v) is 8.62. The number of amides is 1. The number of benzene rings is 1. The second-order valence-corrected chi connectivity index (χ2v) is 6.17. The van der Waals surface area contributed by atoms with Gasteiger partial charge in [0.2, 0.25) is 0 Å². The fourth-order valence-electron chi connectivity index (χ4n) is 2.95. The first-order chi connectivity index (χ1) is 13.3. The lowest BCUT2D eigenvalue weighted by atomic mass is 10.1. The lowest BCUT2D eigenvalue weighted by Crippen LogP contribution is -2.50. The number of H-pyrrole nitrogens is 1. The van der Waals surface area contributed by atoms with Crippen molar-refractivity contribution in [2.24, 2.45) is 0 Å². The molecule has 1 fully saturated rings. The molecule has 4 rings (SSSR count). The quantitative estimate of drug-likeness (QED) is 0.649. The van der Waals surface area contributed by atoms with Gasteiger partial charge in [-0.3, -0.25) is 9.89 Å². The minimum Gasteiger partial charge on any atom is -0.379 e. The van der Waals surface area contributed by atoms with Crippen LogP contribution >= 0.6 is 0 Å². The van der Waals surface area contributed by atoms with Gasteiger partial charge in [0.05, 0.1) is 25.5 Å². The number of hydrogen-bond acceptors (Lipinski definition) is 7. The Labute approximate surface area is 154 Å². The van der Waals surface area contributed by atoms with Crippen molar-refractivity contribution in [3.63, 3.8) is 0 Å². The maximum atomic E-state index is 12.8. The van der Waals surface area contributed by atoms with E-state index in [9.17, 15) is 4.79 Å². The van der Waals surface area contributed by atoms with Crippen molar-refractivity contribution in [2.45, 2.75) is 25.2 Å². The van der Waals surface area contributed by atoms with Crippen LogP contribution in [0.4, 0.5) is 0 Å². The van der Waals surface area contributed by atoms with E-state index in [-0.39, 0.29) is 18.1 Å². The number of nitrogens with one attached hydrogen (secondary N) is 2. The number of aromatic nitrogens is 6. The van der Waals surface area contributed by atoms with Gasteiger partial charge < -0.3 is 14.8 Å². The third kappa shape index (κ3) is 4.01. The van der Waals surface area contributed by atoms with Crippen LogP contribution in [0.1, 0.15) is 22.3 Å². The van der Waals surface area contributed by atoms with Crippen LogP contribution in [0, 0.1) is 0 Å². The molecular weight excluding hydrogens is 350 g/mol. The van der Waals surface area contributed by atoms with Gasteiger partial charge in [0.15, 0.2) is 5.82 Å². The van der Waals surface area contributed by atoms with Gasteiger partial charge in [0.1, 0.15) is 18.0 Å². The van der Waals surface area contributed by atoms with Crippen LogP contribution < -0.4 is 5.32 Å². The van der Waals surface area contributed by atoms with E-state index in [0.29, 0.717) is 37.6 Å². The number of hydrogen-bond donors (Lipinski definition) is 2. The van der Waals surface area contributed by atoms with E-state index in [1.54, 1.807) is 0 Å². The van der Waals surface area contributed by atoms with Crippen LogP contribution in [0.2, 0.25) is 0 Å². The third-order valence-corrected chi connectivity index (χ3v) is 4.37. The van der Waals surface area contributed by atoms with Crippen molar-refractivity contribution in [1.29, 1.82) is 0 Å². The number of nitrogens with zero attached hydrogens (tertiary/aromatic N) is 5.